The lowest BCUT2D eigenvalue weighted by atomic mass is 10.1. The monoisotopic (exact) mass is 268 g/mol. The zero-order valence-electron chi connectivity index (χ0n) is 12.2. The summed E-state index contributed by atoms with van der Waals surface area (Å²) in [5, 5.41) is 2.88. The fourth-order valence-corrected chi connectivity index (χ4v) is 2.09. The summed E-state index contributed by atoms with van der Waals surface area (Å²) in [6.45, 7) is 4.75. The van der Waals surface area contributed by atoms with Gasteiger partial charge in [0, 0.05) is 19.3 Å². The maximum absolute atomic E-state index is 12.1. The third kappa shape index (κ3) is 3.60. The number of rotatable bonds is 3. The Kier molecular flexibility index (Phi) is 4.41. The van der Waals surface area contributed by atoms with Gasteiger partial charge in [0.2, 0.25) is 0 Å². The zero-order chi connectivity index (χ0) is 14.5. The number of urea groups is 1. The number of amides is 2. The summed E-state index contributed by atoms with van der Waals surface area (Å²) in [5.41, 5.74) is 4.43. The summed E-state index contributed by atoms with van der Waals surface area (Å²) in [4.78, 5) is 13.8. The SMILES string of the molecule is Cc1ccc(CN(C)C(=O)Nc2ccccc2)c(C)c1. The van der Waals surface area contributed by atoms with Crippen LogP contribution in [0, 0.1) is 13.8 Å². The molecule has 0 unspecified atom stereocenters. The minimum absolute atomic E-state index is 0.101. The zero-order valence-corrected chi connectivity index (χ0v) is 12.2. The number of nitrogens with one attached hydrogen (secondary N) is 1. The topological polar surface area (TPSA) is 32.3 Å². The average molecular weight is 268 g/mol. The summed E-state index contributed by atoms with van der Waals surface area (Å²) in [5.74, 6) is 0. The number of carbonyl (C=O) groups is 1. The third-order valence-corrected chi connectivity index (χ3v) is 3.28. The van der Waals surface area contributed by atoms with E-state index in [1.165, 1.54) is 16.7 Å². The Bertz CT molecular complexity index is 593. The molecule has 2 rings (SSSR count). The molecular weight excluding hydrogens is 248 g/mol. The standard InChI is InChI=1S/C17H20N2O/c1-13-9-10-15(14(2)11-13)12-19(3)17(20)18-16-7-5-4-6-8-16/h4-11H,12H2,1-3H3,(H,18,20). The Balaban J connectivity index is 2.00. The van der Waals surface area contributed by atoms with Crippen molar-refractivity contribution in [1.29, 1.82) is 0 Å². The Morgan fingerprint density at radius 1 is 1.10 bits per heavy atom. The first-order valence-corrected chi connectivity index (χ1v) is 6.69. The largest absolute Gasteiger partial charge is 0.323 e. The van der Waals surface area contributed by atoms with Crippen LogP contribution in [0.25, 0.3) is 0 Å². The van der Waals surface area contributed by atoms with E-state index < -0.39 is 0 Å². The molecule has 3 nitrogen and oxygen atoms in total. The molecule has 0 fully saturated rings. The van der Waals surface area contributed by atoms with Crippen molar-refractivity contribution < 1.29 is 4.79 Å². The van der Waals surface area contributed by atoms with Gasteiger partial charge in [0.1, 0.15) is 0 Å². The van der Waals surface area contributed by atoms with Crippen molar-refractivity contribution in [3.63, 3.8) is 0 Å². The Hall–Kier alpha value is -2.29. The molecule has 0 radical (unpaired) electrons. The summed E-state index contributed by atoms with van der Waals surface area (Å²) >= 11 is 0. The van der Waals surface area contributed by atoms with Crippen LogP contribution in [-0.4, -0.2) is 18.0 Å². The number of anilines is 1. The number of nitrogens with zero attached hydrogens (tertiary/aromatic N) is 1. The molecule has 0 saturated carbocycles. The van der Waals surface area contributed by atoms with E-state index in [1.54, 1.807) is 11.9 Å². The smallest absolute Gasteiger partial charge is 0.321 e. The fourth-order valence-electron chi connectivity index (χ4n) is 2.09. The Morgan fingerprint density at radius 3 is 2.45 bits per heavy atom. The van der Waals surface area contributed by atoms with E-state index in [0.717, 1.165) is 5.69 Å². The van der Waals surface area contributed by atoms with E-state index in [0.29, 0.717) is 6.54 Å². The molecule has 0 atom stereocenters. The van der Waals surface area contributed by atoms with Gasteiger partial charge in [0.15, 0.2) is 0 Å². The molecule has 0 aliphatic carbocycles. The van der Waals surface area contributed by atoms with Gasteiger partial charge in [0.05, 0.1) is 0 Å². The first kappa shape index (κ1) is 14.1. The van der Waals surface area contributed by atoms with Crippen LogP contribution in [0.1, 0.15) is 16.7 Å². The molecule has 0 spiro atoms. The number of hydrogen-bond donors (Lipinski definition) is 1. The average Bonchev–Trinajstić information content (AvgIpc) is 2.43. The maximum Gasteiger partial charge on any atom is 0.321 e. The van der Waals surface area contributed by atoms with Gasteiger partial charge in [0.25, 0.3) is 0 Å². The van der Waals surface area contributed by atoms with Crippen molar-refractivity contribution in [2.75, 3.05) is 12.4 Å². The van der Waals surface area contributed by atoms with Crippen molar-refractivity contribution in [3.8, 4) is 0 Å². The van der Waals surface area contributed by atoms with Crippen molar-refractivity contribution >= 4 is 11.7 Å². The second kappa shape index (κ2) is 6.24. The van der Waals surface area contributed by atoms with Crippen molar-refractivity contribution in [2.24, 2.45) is 0 Å². The molecule has 104 valence electrons. The lowest BCUT2D eigenvalue weighted by molar-refractivity contribution is 0.220. The molecule has 0 aliphatic rings. The minimum Gasteiger partial charge on any atom is -0.323 e. The van der Waals surface area contributed by atoms with E-state index in [-0.39, 0.29) is 6.03 Å². The van der Waals surface area contributed by atoms with Gasteiger partial charge in [-0.1, -0.05) is 42.0 Å². The van der Waals surface area contributed by atoms with Crippen molar-refractivity contribution in [1.82, 2.24) is 4.90 Å². The highest BCUT2D eigenvalue weighted by Crippen LogP contribution is 2.13. The van der Waals surface area contributed by atoms with Gasteiger partial charge in [-0.05, 0) is 37.1 Å². The normalized spacial score (nSPS) is 10.2. The minimum atomic E-state index is -0.101. The Morgan fingerprint density at radius 2 is 1.80 bits per heavy atom. The molecule has 2 aromatic rings. The van der Waals surface area contributed by atoms with Crippen LogP contribution in [0.4, 0.5) is 10.5 Å². The third-order valence-electron chi connectivity index (χ3n) is 3.28. The molecule has 1 N–H and O–H groups in total. The van der Waals surface area contributed by atoms with Crippen LogP contribution in [0.3, 0.4) is 0 Å². The fraction of sp³-hybridized carbons (Fsp3) is 0.235. The second-order valence-corrected chi connectivity index (χ2v) is 5.08. The number of para-hydroxylation sites is 1. The lowest BCUT2D eigenvalue weighted by Gasteiger charge is -2.19. The maximum atomic E-state index is 12.1. The first-order chi connectivity index (χ1) is 9.56. The van der Waals surface area contributed by atoms with Gasteiger partial charge in [-0.2, -0.15) is 0 Å². The van der Waals surface area contributed by atoms with Crippen LogP contribution in [0.2, 0.25) is 0 Å². The van der Waals surface area contributed by atoms with Gasteiger partial charge in [-0.25, -0.2) is 4.79 Å². The van der Waals surface area contributed by atoms with Crippen molar-refractivity contribution in [3.05, 3.63) is 65.2 Å². The van der Waals surface area contributed by atoms with E-state index in [2.05, 4.69) is 37.4 Å². The molecule has 0 aliphatic heterocycles. The van der Waals surface area contributed by atoms with Crippen LogP contribution < -0.4 is 5.32 Å². The number of benzene rings is 2. The lowest BCUT2D eigenvalue weighted by Crippen LogP contribution is -2.31. The molecule has 0 heterocycles. The molecule has 0 saturated heterocycles. The highest BCUT2D eigenvalue weighted by molar-refractivity contribution is 5.89. The van der Waals surface area contributed by atoms with E-state index in [4.69, 9.17) is 0 Å². The van der Waals surface area contributed by atoms with E-state index in [1.807, 2.05) is 30.3 Å². The van der Waals surface area contributed by atoms with Gasteiger partial charge >= 0.3 is 6.03 Å². The van der Waals surface area contributed by atoms with Crippen molar-refractivity contribution in [2.45, 2.75) is 20.4 Å². The number of hydrogen-bond acceptors (Lipinski definition) is 1. The molecular formula is C17H20N2O. The summed E-state index contributed by atoms with van der Waals surface area (Å²) in [6, 6.07) is 15.7. The number of carbonyl (C=O) groups excluding carboxylic acids is 1. The predicted octanol–water partition coefficient (Wildman–Crippen LogP) is 3.97. The summed E-state index contributed by atoms with van der Waals surface area (Å²) in [6.07, 6.45) is 0. The number of aryl methyl sites for hydroxylation is 2. The highest BCUT2D eigenvalue weighted by Gasteiger charge is 2.10. The highest BCUT2D eigenvalue weighted by atomic mass is 16.2. The predicted molar refractivity (Wildman–Crippen MR) is 82.8 cm³/mol. The quantitative estimate of drug-likeness (QED) is 0.897. The second-order valence-electron chi connectivity index (χ2n) is 5.08. The van der Waals surface area contributed by atoms with Crippen LogP contribution in [0.5, 0.6) is 0 Å². The van der Waals surface area contributed by atoms with Gasteiger partial charge in [-0.3, -0.25) is 0 Å². The summed E-state index contributed by atoms with van der Waals surface area (Å²) in [7, 11) is 1.80. The molecule has 20 heavy (non-hydrogen) atoms. The van der Waals surface area contributed by atoms with Gasteiger partial charge in [-0.15, -0.1) is 0 Å². The molecule has 2 aromatic carbocycles. The van der Waals surface area contributed by atoms with E-state index >= 15 is 0 Å². The van der Waals surface area contributed by atoms with Gasteiger partial charge < -0.3 is 10.2 Å². The molecule has 0 bridgehead atoms. The Labute approximate surface area is 120 Å². The van der Waals surface area contributed by atoms with Crippen LogP contribution in [-0.2, 0) is 6.54 Å². The van der Waals surface area contributed by atoms with Crippen LogP contribution in [0.15, 0.2) is 48.5 Å². The molecule has 3 heteroatoms. The molecule has 2 amide bonds. The van der Waals surface area contributed by atoms with E-state index in [9.17, 15) is 4.79 Å². The summed E-state index contributed by atoms with van der Waals surface area (Å²) < 4.78 is 0. The first-order valence-electron chi connectivity index (χ1n) is 6.69. The molecule has 0 aromatic heterocycles. The van der Waals surface area contributed by atoms with Crippen LogP contribution >= 0.6 is 0 Å².